The maximum atomic E-state index is 13.5. The molecule has 0 saturated heterocycles. The summed E-state index contributed by atoms with van der Waals surface area (Å²) in [6, 6.07) is 16.0. The number of amides is 1. The average molecular weight is 550 g/mol. The summed E-state index contributed by atoms with van der Waals surface area (Å²) in [5, 5.41) is 13.0. The third-order valence-electron chi connectivity index (χ3n) is 6.71. The summed E-state index contributed by atoms with van der Waals surface area (Å²) < 4.78 is 7.11. The highest BCUT2D eigenvalue weighted by atomic mass is 35.5. The Kier molecular flexibility index (Phi) is 8.17. The highest BCUT2D eigenvalue weighted by Crippen LogP contribution is 2.28. The maximum Gasteiger partial charge on any atom is 0.293 e. The number of fused-ring (bicyclic) bond motifs is 1. The van der Waals surface area contributed by atoms with Crippen LogP contribution in [0.25, 0.3) is 0 Å². The van der Waals surface area contributed by atoms with Crippen molar-refractivity contribution in [3.05, 3.63) is 86.3 Å². The fourth-order valence-corrected chi connectivity index (χ4v) is 4.78. The van der Waals surface area contributed by atoms with E-state index in [1.54, 1.807) is 43.0 Å². The number of hydrogen-bond donors (Lipinski definition) is 1. The lowest BCUT2D eigenvalue weighted by molar-refractivity contribution is -0.146. The largest absolute Gasteiger partial charge is 0.478 e. The van der Waals surface area contributed by atoms with Gasteiger partial charge in [0.1, 0.15) is 12.9 Å². The zero-order valence-corrected chi connectivity index (χ0v) is 23.5. The Morgan fingerprint density at radius 1 is 1.15 bits per heavy atom. The smallest absolute Gasteiger partial charge is 0.293 e. The van der Waals surface area contributed by atoms with Crippen LogP contribution >= 0.6 is 11.6 Å². The van der Waals surface area contributed by atoms with Crippen LogP contribution in [0.1, 0.15) is 56.1 Å². The first-order chi connectivity index (χ1) is 18.5. The predicted molar refractivity (Wildman–Crippen MR) is 149 cm³/mol. The van der Waals surface area contributed by atoms with Gasteiger partial charge in [0, 0.05) is 18.0 Å². The van der Waals surface area contributed by atoms with Crippen molar-refractivity contribution >= 4 is 23.5 Å². The van der Waals surface area contributed by atoms with E-state index in [-0.39, 0.29) is 30.0 Å². The van der Waals surface area contributed by atoms with Crippen molar-refractivity contribution in [3.63, 3.8) is 0 Å². The van der Waals surface area contributed by atoms with Crippen molar-refractivity contribution in [3.8, 4) is 11.8 Å². The second-order valence-corrected chi connectivity index (χ2v) is 10.7. The minimum Gasteiger partial charge on any atom is -0.478 e. The van der Waals surface area contributed by atoms with Crippen molar-refractivity contribution < 1.29 is 14.4 Å². The third-order valence-corrected chi connectivity index (χ3v) is 6.97. The van der Waals surface area contributed by atoms with Gasteiger partial charge in [0.2, 0.25) is 5.95 Å². The highest BCUT2D eigenvalue weighted by molar-refractivity contribution is 6.30. The number of benzene rings is 2. The molecule has 0 saturated carbocycles. The van der Waals surface area contributed by atoms with E-state index >= 15 is 0 Å². The van der Waals surface area contributed by atoms with Gasteiger partial charge in [-0.2, -0.15) is 5.26 Å². The lowest BCUT2D eigenvalue weighted by atomic mass is 9.96. The first-order valence-electron chi connectivity index (χ1n) is 12.7. The molecule has 2 aromatic carbocycles. The van der Waals surface area contributed by atoms with Crippen LogP contribution in [0, 0.1) is 17.2 Å². The van der Waals surface area contributed by atoms with Crippen LogP contribution in [0.15, 0.2) is 53.3 Å². The minimum atomic E-state index is -1.19. The molecule has 1 atom stereocenters. The lowest BCUT2D eigenvalue weighted by Crippen LogP contribution is -2.51. The average Bonchev–Trinajstić information content (AvgIpc) is 2.92. The van der Waals surface area contributed by atoms with Gasteiger partial charge in [-0.15, -0.1) is 4.73 Å². The summed E-state index contributed by atoms with van der Waals surface area (Å²) in [4.78, 5) is 38.8. The number of aromatic nitrogens is 2. The SMILES string of the molecule is COn1c(N[C@H](c2ccc(Cl)cc2)C(C)C)nc2c(c1=O)CN(C(=O)C(C)(C)Oc1ccc(C#N)cc1)CC2. The molecular weight excluding hydrogens is 518 g/mol. The number of hydrogen-bond acceptors (Lipinski definition) is 7. The molecule has 3 aromatic rings. The fourth-order valence-electron chi connectivity index (χ4n) is 4.65. The van der Waals surface area contributed by atoms with E-state index in [1.165, 1.54) is 7.11 Å². The zero-order valence-electron chi connectivity index (χ0n) is 22.7. The first-order valence-corrected chi connectivity index (χ1v) is 13.1. The predicted octanol–water partition coefficient (Wildman–Crippen LogP) is 4.38. The number of halogens is 1. The molecule has 0 fully saturated rings. The van der Waals surface area contributed by atoms with Crippen LogP contribution in [0.4, 0.5) is 5.95 Å². The van der Waals surface area contributed by atoms with Crippen LogP contribution in [-0.4, -0.2) is 39.8 Å². The molecular formula is C29H32ClN5O4. The minimum absolute atomic E-state index is 0.0919. The third kappa shape index (κ3) is 6.02. The molecule has 4 rings (SSSR count). The van der Waals surface area contributed by atoms with E-state index in [4.69, 9.17) is 31.4 Å². The number of carbonyl (C=O) groups excluding carboxylic acids is 1. The first kappa shape index (κ1) is 28.0. The molecule has 39 heavy (non-hydrogen) atoms. The Balaban J connectivity index is 1.57. The van der Waals surface area contributed by atoms with Gasteiger partial charge >= 0.3 is 0 Å². The van der Waals surface area contributed by atoms with Crippen LogP contribution in [0.5, 0.6) is 5.75 Å². The summed E-state index contributed by atoms with van der Waals surface area (Å²) in [5.74, 6) is 0.699. The van der Waals surface area contributed by atoms with Gasteiger partial charge in [-0.1, -0.05) is 37.6 Å². The number of nitrogens with zero attached hydrogens (tertiary/aromatic N) is 4. The van der Waals surface area contributed by atoms with Gasteiger partial charge in [-0.3, -0.25) is 9.59 Å². The van der Waals surface area contributed by atoms with Gasteiger partial charge in [-0.05, 0) is 61.7 Å². The highest BCUT2D eigenvalue weighted by Gasteiger charge is 2.37. The van der Waals surface area contributed by atoms with E-state index in [2.05, 4.69) is 25.2 Å². The Labute approximate surface area is 232 Å². The topological polar surface area (TPSA) is 109 Å². The summed E-state index contributed by atoms with van der Waals surface area (Å²) in [6.45, 7) is 8.00. The number of nitriles is 1. The summed E-state index contributed by atoms with van der Waals surface area (Å²) in [6.07, 6.45) is 0.412. The van der Waals surface area contributed by atoms with Gasteiger partial charge in [0.05, 0.1) is 35.5 Å². The Morgan fingerprint density at radius 2 is 1.82 bits per heavy atom. The monoisotopic (exact) mass is 549 g/mol. The molecule has 0 bridgehead atoms. The van der Waals surface area contributed by atoms with Crippen molar-refractivity contribution in [1.29, 1.82) is 5.26 Å². The molecule has 0 radical (unpaired) electrons. The normalized spacial score (nSPS) is 13.8. The molecule has 204 valence electrons. The molecule has 9 nitrogen and oxygen atoms in total. The molecule has 2 heterocycles. The van der Waals surface area contributed by atoms with E-state index in [1.807, 2.05) is 24.3 Å². The Bertz CT molecular complexity index is 1440. The van der Waals surface area contributed by atoms with Crippen molar-refractivity contribution in [1.82, 2.24) is 14.6 Å². The number of nitrogens with one attached hydrogen (secondary N) is 1. The Morgan fingerprint density at radius 3 is 2.41 bits per heavy atom. The number of rotatable bonds is 8. The fraction of sp³-hybridized carbons (Fsp3) is 0.379. The van der Waals surface area contributed by atoms with Crippen molar-refractivity contribution in [2.45, 2.75) is 52.3 Å². The molecule has 1 N–H and O–H groups in total. The molecule has 1 aliphatic heterocycles. The zero-order chi connectivity index (χ0) is 28.3. The molecule has 1 aliphatic rings. The van der Waals surface area contributed by atoms with Crippen LogP contribution < -0.4 is 20.5 Å². The van der Waals surface area contributed by atoms with Crippen molar-refractivity contribution in [2.75, 3.05) is 19.0 Å². The molecule has 0 spiro atoms. The van der Waals surface area contributed by atoms with Gasteiger partial charge in [-0.25, -0.2) is 4.98 Å². The molecule has 10 heteroatoms. The number of carbonyl (C=O) groups is 1. The molecule has 1 aromatic heterocycles. The molecule has 0 unspecified atom stereocenters. The second-order valence-electron chi connectivity index (χ2n) is 10.3. The lowest BCUT2D eigenvalue weighted by Gasteiger charge is -2.35. The van der Waals surface area contributed by atoms with Gasteiger partial charge in [0.25, 0.3) is 11.5 Å². The van der Waals surface area contributed by atoms with E-state index in [0.717, 1.165) is 10.3 Å². The quantitative estimate of drug-likeness (QED) is 0.444. The van der Waals surface area contributed by atoms with Gasteiger partial charge < -0.3 is 19.8 Å². The summed E-state index contributed by atoms with van der Waals surface area (Å²) in [7, 11) is 1.41. The van der Waals surface area contributed by atoms with Crippen LogP contribution in [0.3, 0.4) is 0 Å². The van der Waals surface area contributed by atoms with Crippen LogP contribution in [0.2, 0.25) is 5.02 Å². The Hall–Kier alpha value is -4.03. The standard InChI is InChI=1S/C29H32ClN5O4/c1-18(2)25(20-8-10-21(30)11-9-20)33-28-32-24-14-15-34(17-23(24)26(36)35(28)38-5)27(37)29(3,4)39-22-12-6-19(16-31)7-13-22/h6-13,18,25H,14-15,17H2,1-5H3,(H,32,33)/t25-/m0/s1. The van der Waals surface area contributed by atoms with E-state index in [9.17, 15) is 9.59 Å². The molecule has 0 aliphatic carbocycles. The van der Waals surface area contributed by atoms with Gasteiger partial charge in [0.15, 0.2) is 5.60 Å². The van der Waals surface area contributed by atoms with Crippen LogP contribution in [-0.2, 0) is 17.8 Å². The van der Waals surface area contributed by atoms with E-state index in [0.29, 0.717) is 46.5 Å². The summed E-state index contributed by atoms with van der Waals surface area (Å²) >= 11 is 6.07. The maximum absolute atomic E-state index is 13.5. The number of ether oxygens (including phenoxy) is 1. The van der Waals surface area contributed by atoms with E-state index < -0.39 is 5.60 Å². The molecule has 1 amide bonds. The summed E-state index contributed by atoms with van der Waals surface area (Å²) in [5.41, 5.74) is 0.984. The van der Waals surface area contributed by atoms with Crippen molar-refractivity contribution in [2.24, 2.45) is 5.92 Å². The second kappa shape index (κ2) is 11.4. The number of anilines is 1.